The van der Waals surface area contributed by atoms with Gasteiger partial charge in [0.2, 0.25) is 5.95 Å². The molecule has 5 heteroatoms. The second-order valence-electron chi connectivity index (χ2n) is 5.99. The minimum absolute atomic E-state index is 0.280. The number of hydrogen-bond acceptors (Lipinski definition) is 5. The zero-order valence-electron chi connectivity index (χ0n) is 11.8. The predicted molar refractivity (Wildman–Crippen MR) is 75.4 cm³/mol. The van der Waals surface area contributed by atoms with Gasteiger partial charge in [-0.25, -0.2) is 4.98 Å². The van der Waals surface area contributed by atoms with Gasteiger partial charge in [0.1, 0.15) is 5.82 Å². The van der Waals surface area contributed by atoms with Crippen LogP contribution in [0.1, 0.15) is 25.5 Å². The van der Waals surface area contributed by atoms with Crippen molar-refractivity contribution in [1.82, 2.24) is 9.97 Å². The summed E-state index contributed by atoms with van der Waals surface area (Å²) in [7, 11) is 1.86. The van der Waals surface area contributed by atoms with E-state index in [0.717, 1.165) is 36.8 Å². The molecule has 1 saturated carbocycles. The van der Waals surface area contributed by atoms with Crippen molar-refractivity contribution < 1.29 is 5.11 Å². The van der Waals surface area contributed by atoms with Gasteiger partial charge in [-0.3, -0.25) is 0 Å². The number of nitrogens with one attached hydrogen (secondary N) is 1. The van der Waals surface area contributed by atoms with E-state index in [1.165, 1.54) is 0 Å². The molecule has 2 N–H and O–H groups in total. The molecule has 2 atom stereocenters. The lowest BCUT2D eigenvalue weighted by Crippen LogP contribution is -2.39. The minimum Gasteiger partial charge on any atom is -0.387 e. The third-order valence-electron chi connectivity index (χ3n) is 4.46. The summed E-state index contributed by atoms with van der Waals surface area (Å²) in [5.41, 5.74) is 0.399. The number of rotatable bonds is 3. The van der Waals surface area contributed by atoms with Crippen LogP contribution < -0.4 is 10.2 Å². The van der Waals surface area contributed by atoms with Crippen LogP contribution in [0.5, 0.6) is 0 Å². The fourth-order valence-electron chi connectivity index (χ4n) is 3.10. The lowest BCUT2D eigenvalue weighted by atomic mass is 9.88. The molecule has 0 radical (unpaired) electrons. The summed E-state index contributed by atoms with van der Waals surface area (Å²) in [6.07, 6.45) is 2.32. The SMILES string of the molecule is CNc1cc(C)nc(N2C[C@@H](C)[C@](O)(C3CC3)C2)n1. The van der Waals surface area contributed by atoms with Gasteiger partial charge in [-0.1, -0.05) is 6.92 Å². The number of aliphatic hydroxyl groups is 1. The lowest BCUT2D eigenvalue weighted by molar-refractivity contribution is 0.00279. The third-order valence-corrected chi connectivity index (χ3v) is 4.46. The van der Waals surface area contributed by atoms with E-state index in [0.29, 0.717) is 12.5 Å². The van der Waals surface area contributed by atoms with Crippen LogP contribution in [0.3, 0.4) is 0 Å². The summed E-state index contributed by atoms with van der Waals surface area (Å²) >= 11 is 0. The van der Waals surface area contributed by atoms with Crippen molar-refractivity contribution in [3.05, 3.63) is 11.8 Å². The van der Waals surface area contributed by atoms with Crippen molar-refractivity contribution in [2.45, 2.75) is 32.3 Å². The largest absolute Gasteiger partial charge is 0.387 e. The van der Waals surface area contributed by atoms with Crippen LogP contribution in [0.2, 0.25) is 0 Å². The zero-order chi connectivity index (χ0) is 13.6. The number of aromatic nitrogens is 2. The predicted octanol–water partition coefficient (Wildman–Crippen LogP) is 1.42. The maximum absolute atomic E-state index is 10.8. The Morgan fingerprint density at radius 1 is 1.42 bits per heavy atom. The van der Waals surface area contributed by atoms with Crippen molar-refractivity contribution in [3.63, 3.8) is 0 Å². The Hall–Kier alpha value is -1.36. The molecule has 0 unspecified atom stereocenters. The first-order valence-corrected chi connectivity index (χ1v) is 7.03. The van der Waals surface area contributed by atoms with Crippen LogP contribution >= 0.6 is 0 Å². The van der Waals surface area contributed by atoms with Crippen LogP contribution in [0.4, 0.5) is 11.8 Å². The van der Waals surface area contributed by atoms with Gasteiger partial charge >= 0.3 is 0 Å². The Bertz CT molecular complexity index is 488. The number of anilines is 2. The highest BCUT2D eigenvalue weighted by Crippen LogP contribution is 2.47. The molecule has 1 saturated heterocycles. The van der Waals surface area contributed by atoms with Crippen molar-refractivity contribution in [2.75, 3.05) is 30.4 Å². The molecule has 19 heavy (non-hydrogen) atoms. The molecule has 2 heterocycles. The van der Waals surface area contributed by atoms with E-state index in [1.54, 1.807) is 0 Å². The van der Waals surface area contributed by atoms with E-state index < -0.39 is 5.60 Å². The standard InChI is InChI=1S/C14H22N4O/c1-9-7-18(8-14(9,19)11-4-5-11)13-16-10(2)6-12(15-3)17-13/h6,9,11,19H,4-5,7-8H2,1-3H3,(H,15,16,17)/t9-,14+/m1/s1. The summed E-state index contributed by atoms with van der Waals surface area (Å²) in [4.78, 5) is 11.1. The van der Waals surface area contributed by atoms with Gasteiger partial charge < -0.3 is 15.3 Å². The van der Waals surface area contributed by atoms with Crippen molar-refractivity contribution in [2.24, 2.45) is 11.8 Å². The molecule has 1 aliphatic heterocycles. The fourth-order valence-corrected chi connectivity index (χ4v) is 3.10. The minimum atomic E-state index is -0.549. The molecule has 1 aromatic heterocycles. The number of β-amino-alcohol motifs (C(OH)–C–C–N with tert-alkyl or cyclic N) is 1. The van der Waals surface area contributed by atoms with Gasteiger partial charge in [0.05, 0.1) is 12.1 Å². The summed E-state index contributed by atoms with van der Waals surface area (Å²) in [6.45, 7) is 5.59. The highest BCUT2D eigenvalue weighted by Gasteiger charge is 2.52. The van der Waals surface area contributed by atoms with Crippen molar-refractivity contribution in [1.29, 1.82) is 0 Å². The second kappa shape index (κ2) is 4.34. The average molecular weight is 262 g/mol. The average Bonchev–Trinajstić information content (AvgIpc) is 3.17. The quantitative estimate of drug-likeness (QED) is 0.863. The summed E-state index contributed by atoms with van der Waals surface area (Å²) < 4.78 is 0. The van der Waals surface area contributed by atoms with Gasteiger partial charge in [0.15, 0.2) is 0 Å². The molecule has 1 aliphatic carbocycles. The maximum Gasteiger partial charge on any atom is 0.227 e. The topological polar surface area (TPSA) is 61.3 Å². The molecule has 0 amide bonds. The van der Waals surface area contributed by atoms with Crippen LogP contribution in [0.25, 0.3) is 0 Å². The maximum atomic E-state index is 10.8. The Morgan fingerprint density at radius 3 is 2.79 bits per heavy atom. The normalized spacial score (nSPS) is 30.7. The van der Waals surface area contributed by atoms with E-state index in [4.69, 9.17) is 0 Å². The molecule has 0 aromatic carbocycles. The highest BCUT2D eigenvalue weighted by atomic mass is 16.3. The van der Waals surface area contributed by atoms with Gasteiger partial charge in [-0.15, -0.1) is 0 Å². The van der Waals surface area contributed by atoms with Gasteiger partial charge in [0, 0.05) is 31.3 Å². The van der Waals surface area contributed by atoms with E-state index in [1.807, 2.05) is 20.0 Å². The molecule has 104 valence electrons. The fraction of sp³-hybridized carbons (Fsp3) is 0.714. The molecule has 2 aliphatic rings. The molecular formula is C14H22N4O. The van der Waals surface area contributed by atoms with E-state index in [9.17, 15) is 5.11 Å². The molecule has 5 nitrogen and oxygen atoms in total. The molecule has 0 bridgehead atoms. The van der Waals surface area contributed by atoms with Gasteiger partial charge in [-0.05, 0) is 25.7 Å². The Labute approximate surface area is 114 Å². The Kier molecular flexibility index (Phi) is 2.89. The molecule has 3 rings (SSSR count). The number of hydrogen-bond donors (Lipinski definition) is 2. The summed E-state index contributed by atoms with van der Waals surface area (Å²) in [6, 6.07) is 1.93. The monoisotopic (exact) mass is 262 g/mol. The molecular weight excluding hydrogens is 240 g/mol. The van der Waals surface area contributed by atoms with Crippen LogP contribution in [-0.2, 0) is 0 Å². The Balaban J connectivity index is 1.85. The lowest BCUT2D eigenvalue weighted by Gasteiger charge is -2.26. The van der Waals surface area contributed by atoms with E-state index in [-0.39, 0.29) is 5.92 Å². The first-order valence-electron chi connectivity index (χ1n) is 7.03. The van der Waals surface area contributed by atoms with Crippen LogP contribution in [0.15, 0.2) is 6.07 Å². The van der Waals surface area contributed by atoms with Crippen molar-refractivity contribution >= 4 is 11.8 Å². The number of aryl methyl sites for hydroxylation is 1. The molecule has 1 aromatic rings. The van der Waals surface area contributed by atoms with Crippen LogP contribution in [0, 0.1) is 18.8 Å². The highest BCUT2D eigenvalue weighted by molar-refractivity contribution is 5.44. The zero-order valence-corrected chi connectivity index (χ0v) is 11.8. The van der Waals surface area contributed by atoms with Crippen molar-refractivity contribution in [3.8, 4) is 0 Å². The van der Waals surface area contributed by atoms with E-state index in [2.05, 4.69) is 27.1 Å². The smallest absolute Gasteiger partial charge is 0.227 e. The third kappa shape index (κ3) is 2.16. The summed E-state index contributed by atoms with van der Waals surface area (Å²) in [5.74, 6) is 2.31. The first kappa shape index (κ1) is 12.7. The first-order chi connectivity index (χ1) is 9.03. The van der Waals surface area contributed by atoms with E-state index >= 15 is 0 Å². The van der Waals surface area contributed by atoms with Gasteiger partial charge in [-0.2, -0.15) is 4.98 Å². The molecule has 2 fully saturated rings. The van der Waals surface area contributed by atoms with Gasteiger partial charge in [0.25, 0.3) is 0 Å². The molecule has 0 spiro atoms. The van der Waals surface area contributed by atoms with Crippen LogP contribution in [-0.4, -0.2) is 40.8 Å². The Morgan fingerprint density at radius 2 is 2.16 bits per heavy atom. The summed E-state index contributed by atoms with van der Waals surface area (Å²) in [5, 5.41) is 13.9. The second-order valence-corrected chi connectivity index (χ2v) is 5.99. The number of nitrogens with zero attached hydrogens (tertiary/aromatic N) is 3.